The molecule has 3 aromatic heterocycles. The van der Waals surface area contributed by atoms with Crippen LogP contribution in [0, 0.1) is 0 Å². The third-order valence-corrected chi connectivity index (χ3v) is 3.64. The molecular weight excluding hydrogens is 266 g/mol. The van der Waals surface area contributed by atoms with Gasteiger partial charge in [0.1, 0.15) is 16.7 Å². The standard InChI is InChI=1S/C16H11N3O2/c20-15-12-7-4-8-14-17-9-13(19(12)14)16(21)18(15)10-11-5-2-1-3-6-11/h1-9H,10H2. The summed E-state index contributed by atoms with van der Waals surface area (Å²) in [5.41, 5.74) is 1.82. The van der Waals surface area contributed by atoms with Crippen molar-refractivity contribution in [3.05, 3.63) is 81.0 Å². The molecule has 0 aliphatic carbocycles. The molecule has 4 aromatic rings. The molecule has 0 amide bonds. The Morgan fingerprint density at radius 1 is 0.857 bits per heavy atom. The molecule has 0 atom stereocenters. The van der Waals surface area contributed by atoms with E-state index in [9.17, 15) is 9.59 Å². The lowest BCUT2D eigenvalue weighted by molar-refractivity contribution is 0.733. The summed E-state index contributed by atoms with van der Waals surface area (Å²) in [7, 11) is 0. The van der Waals surface area contributed by atoms with Crippen molar-refractivity contribution >= 4 is 16.7 Å². The van der Waals surface area contributed by atoms with Crippen LogP contribution in [-0.4, -0.2) is 14.0 Å². The molecule has 0 radical (unpaired) electrons. The predicted octanol–water partition coefficient (Wildman–Crippen LogP) is 1.50. The molecule has 5 nitrogen and oxygen atoms in total. The second-order valence-electron chi connectivity index (χ2n) is 4.93. The smallest absolute Gasteiger partial charge is 0.279 e. The molecule has 21 heavy (non-hydrogen) atoms. The van der Waals surface area contributed by atoms with E-state index in [1.807, 2.05) is 30.3 Å². The van der Waals surface area contributed by atoms with Crippen LogP contribution in [-0.2, 0) is 6.54 Å². The van der Waals surface area contributed by atoms with Gasteiger partial charge in [-0.1, -0.05) is 36.4 Å². The number of pyridine rings is 1. The maximum Gasteiger partial charge on any atom is 0.279 e. The van der Waals surface area contributed by atoms with Crippen LogP contribution in [0.5, 0.6) is 0 Å². The minimum absolute atomic E-state index is 0.264. The summed E-state index contributed by atoms with van der Waals surface area (Å²) in [6.07, 6.45) is 1.52. The highest BCUT2D eigenvalue weighted by molar-refractivity contribution is 5.66. The van der Waals surface area contributed by atoms with Gasteiger partial charge in [-0.15, -0.1) is 0 Å². The average molecular weight is 277 g/mol. The third kappa shape index (κ3) is 1.67. The summed E-state index contributed by atoms with van der Waals surface area (Å²) in [5, 5.41) is 0. The molecule has 0 aliphatic heterocycles. The van der Waals surface area contributed by atoms with Gasteiger partial charge in [-0.3, -0.25) is 18.6 Å². The summed E-state index contributed by atoms with van der Waals surface area (Å²) in [4.78, 5) is 29.3. The van der Waals surface area contributed by atoms with Crippen LogP contribution in [0.25, 0.3) is 16.7 Å². The van der Waals surface area contributed by atoms with Gasteiger partial charge in [-0.05, 0) is 17.7 Å². The van der Waals surface area contributed by atoms with Crippen LogP contribution < -0.4 is 11.1 Å². The molecule has 4 rings (SSSR count). The fraction of sp³-hybridized carbons (Fsp3) is 0.0625. The van der Waals surface area contributed by atoms with E-state index in [0.29, 0.717) is 16.7 Å². The molecule has 5 heteroatoms. The highest BCUT2D eigenvalue weighted by atomic mass is 16.2. The first-order chi connectivity index (χ1) is 10.3. The molecule has 1 aromatic carbocycles. The number of hydrogen-bond acceptors (Lipinski definition) is 3. The van der Waals surface area contributed by atoms with Crippen LogP contribution in [0.15, 0.2) is 64.3 Å². The Hall–Kier alpha value is -2.95. The van der Waals surface area contributed by atoms with E-state index in [4.69, 9.17) is 0 Å². The highest BCUT2D eigenvalue weighted by Crippen LogP contribution is 2.09. The lowest BCUT2D eigenvalue weighted by Crippen LogP contribution is -2.35. The number of nitrogens with zero attached hydrogens (tertiary/aromatic N) is 3. The van der Waals surface area contributed by atoms with Gasteiger partial charge in [0.15, 0.2) is 0 Å². The first-order valence-electron chi connectivity index (χ1n) is 6.62. The molecule has 0 saturated heterocycles. The van der Waals surface area contributed by atoms with Crippen LogP contribution in [0.1, 0.15) is 5.56 Å². The average Bonchev–Trinajstić information content (AvgIpc) is 2.95. The number of rotatable bonds is 2. The van der Waals surface area contributed by atoms with Crippen molar-refractivity contribution in [2.45, 2.75) is 6.54 Å². The van der Waals surface area contributed by atoms with Crippen molar-refractivity contribution in [2.24, 2.45) is 0 Å². The second-order valence-corrected chi connectivity index (χ2v) is 4.93. The van der Waals surface area contributed by atoms with Gasteiger partial charge in [-0.2, -0.15) is 0 Å². The number of aromatic nitrogens is 3. The fourth-order valence-electron chi connectivity index (χ4n) is 2.63. The molecule has 102 valence electrons. The van der Waals surface area contributed by atoms with Crippen molar-refractivity contribution in [2.75, 3.05) is 0 Å². The first kappa shape index (κ1) is 11.8. The molecule has 0 aliphatic rings. The van der Waals surface area contributed by atoms with Crippen LogP contribution in [0.2, 0.25) is 0 Å². The van der Waals surface area contributed by atoms with E-state index in [2.05, 4.69) is 4.98 Å². The highest BCUT2D eigenvalue weighted by Gasteiger charge is 2.14. The Morgan fingerprint density at radius 3 is 2.43 bits per heavy atom. The van der Waals surface area contributed by atoms with Gasteiger partial charge >= 0.3 is 0 Å². The van der Waals surface area contributed by atoms with Crippen LogP contribution in [0.3, 0.4) is 0 Å². The molecule has 0 fully saturated rings. The maximum atomic E-state index is 12.6. The number of hydrogen-bond donors (Lipinski definition) is 0. The van der Waals surface area contributed by atoms with E-state index in [-0.39, 0.29) is 17.7 Å². The largest absolute Gasteiger partial charge is 0.283 e. The van der Waals surface area contributed by atoms with Crippen molar-refractivity contribution in [3.8, 4) is 0 Å². The predicted molar refractivity (Wildman–Crippen MR) is 80.0 cm³/mol. The number of imidazole rings is 1. The van der Waals surface area contributed by atoms with Gasteiger partial charge < -0.3 is 0 Å². The minimum Gasteiger partial charge on any atom is -0.283 e. The molecule has 0 N–H and O–H groups in total. The molecule has 0 saturated carbocycles. The van der Waals surface area contributed by atoms with E-state index in [0.717, 1.165) is 5.56 Å². The Labute approximate surface area is 119 Å². The van der Waals surface area contributed by atoms with Crippen molar-refractivity contribution in [1.29, 1.82) is 0 Å². The van der Waals surface area contributed by atoms with Crippen molar-refractivity contribution < 1.29 is 0 Å². The van der Waals surface area contributed by atoms with Gasteiger partial charge in [0.25, 0.3) is 11.1 Å². The molecular formula is C16H11N3O2. The van der Waals surface area contributed by atoms with E-state index in [1.165, 1.54) is 10.8 Å². The Kier molecular flexibility index (Phi) is 2.41. The fourth-order valence-corrected chi connectivity index (χ4v) is 2.63. The molecule has 0 spiro atoms. The molecule has 0 bridgehead atoms. The normalized spacial score (nSPS) is 11.4. The van der Waals surface area contributed by atoms with Crippen molar-refractivity contribution in [3.63, 3.8) is 0 Å². The molecule has 0 unspecified atom stereocenters. The zero-order valence-corrected chi connectivity index (χ0v) is 11.1. The Balaban J connectivity index is 2.06. The number of benzene rings is 1. The van der Waals surface area contributed by atoms with Gasteiger partial charge in [-0.25, -0.2) is 4.98 Å². The van der Waals surface area contributed by atoms with E-state index >= 15 is 0 Å². The summed E-state index contributed by atoms with van der Waals surface area (Å²) < 4.78 is 2.88. The van der Waals surface area contributed by atoms with Gasteiger partial charge in [0.05, 0.1) is 12.7 Å². The topological polar surface area (TPSA) is 56.4 Å². The quantitative estimate of drug-likeness (QED) is 0.558. The first-order valence-corrected chi connectivity index (χ1v) is 6.62. The Morgan fingerprint density at radius 2 is 1.62 bits per heavy atom. The summed E-state index contributed by atoms with van der Waals surface area (Å²) in [6, 6.07) is 14.7. The minimum atomic E-state index is -0.310. The zero-order valence-electron chi connectivity index (χ0n) is 11.1. The Bertz CT molecular complexity index is 1050. The van der Waals surface area contributed by atoms with E-state index < -0.39 is 0 Å². The summed E-state index contributed by atoms with van der Waals surface area (Å²) >= 11 is 0. The lowest BCUT2D eigenvalue weighted by atomic mass is 10.2. The van der Waals surface area contributed by atoms with Gasteiger partial charge in [0, 0.05) is 0 Å². The van der Waals surface area contributed by atoms with Crippen LogP contribution >= 0.6 is 0 Å². The SMILES string of the molecule is O=c1c2cccc3ncc(c(=O)n1Cc1ccccc1)n32. The van der Waals surface area contributed by atoms with Crippen molar-refractivity contribution in [1.82, 2.24) is 14.0 Å². The third-order valence-electron chi connectivity index (χ3n) is 3.64. The monoisotopic (exact) mass is 277 g/mol. The molecule has 3 heterocycles. The zero-order chi connectivity index (χ0) is 14.4. The van der Waals surface area contributed by atoms with Crippen LogP contribution in [0.4, 0.5) is 0 Å². The summed E-state index contributed by atoms with van der Waals surface area (Å²) in [6.45, 7) is 0.264. The maximum absolute atomic E-state index is 12.6. The van der Waals surface area contributed by atoms with Gasteiger partial charge in [0.2, 0.25) is 0 Å². The second kappa shape index (κ2) is 4.28. The summed E-state index contributed by atoms with van der Waals surface area (Å²) in [5.74, 6) is 0. The lowest BCUT2D eigenvalue weighted by Gasteiger charge is -2.08. The van der Waals surface area contributed by atoms with E-state index in [1.54, 1.807) is 22.6 Å².